The fraction of sp³-hybridized carbons (Fsp3) is 0.0625. The molecule has 0 fully saturated rings. The number of anilines is 1. The Morgan fingerprint density at radius 1 is 0.907 bits per heavy atom. The third-order valence-electron chi connectivity index (χ3n) is 6.77. The molecule has 214 valence electrons. The molecule has 11 heteroatoms. The van der Waals surface area contributed by atoms with E-state index in [1.54, 1.807) is 72.3 Å². The van der Waals surface area contributed by atoms with Gasteiger partial charge in [0.25, 0.3) is 5.91 Å². The zero-order valence-electron chi connectivity index (χ0n) is 22.8. The van der Waals surface area contributed by atoms with Crippen LogP contribution in [0.25, 0.3) is 27.5 Å². The summed E-state index contributed by atoms with van der Waals surface area (Å²) >= 11 is 6.02. The monoisotopic (exact) mass is 596 g/mol. The number of methoxy groups -OCH3 is 2. The summed E-state index contributed by atoms with van der Waals surface area (Å²) in [6, 6.07) is 21.1. The van der Waals surface area contributed by atoms with E-state index >= 15 is 0 Å². The van der Waals surface area contributed by atoms with Crippen molar-refractivity contribution in [3.05, 3.63) is 118 Å². The molecule has 4 aromatic carbocycles. The summed E-state index contributed by atoms with van der Waals surface area (Å²) in [6.45, 7) is 0. The Kier molecular flexibility index (Phi) is 7.35. The first-order chi connectivity index (χ1) is 20.9. The number of carbonyl (C=O) groups excluding carboxylic acids is 1. The molecule has 1 amide bonds. The van der Waals surface area contributed by atoms with Gasteiger partial charge in [-0.3, -0.25) is 9.59 Å². The van der Waals surface area contributed by atoms with Gasteiger partial charge in [0.15, 0.2) is 11.5 Å². The summed E-state index contributed by atoms with van der Waals surface area (Å²) in [5.74, 6) is 0.597. The summed E-state index contributed by atoms with van der Waals surface area (Å²) in [4.78, 5) is 35.2. The molecular formula is C32H22ClFN4O5. The molecule has 0 saturated heterocycles. The number of carbonyl (C=O) groups is 1. The number of benzene rings is 4. The van der Waals surface area contributed by atoms with Crippen LogP contribution in [0.4, 0.5) is 10.1 Å². The van der Waals surface area contributed by atoms with E-state index in [9.17, 15) is 14.0 Å². The highest BCUT2D eigenvalue weighted by molar-refractivity contribution is 6.30. The average molecular weight is 597 g/mol. The van der Waals surface area contributed by atoms with E-state index in [0.29, 0.717) is 56.3 Å². The average Bonchev–Trinajstić information content (AvgIpc) is 3.03. The topological polar surface area (TPSA) is 105 Å². The Morgan fingerprint density at radius 3 is 2.40 bits per heavy atom. The van der Waals surface area contributed by atoms with Crippen LogP contribution in [0.1, 0.15) is 10.4 Å². The number of rotatable bonds is 7. The molecule has 0 aliphatic heterocycles. The molecule has 6 rings (SSSR count). The lowest BCUT2D eigenvalue weighted by Crippen LogP contribution is -2.23. The van der Waals surface area contributed by atoms with Crippen molar-refractivity contribution >= 4 is 45.0 Å². The highest BCUT2D eigenvalue weighted by Gasteiger charge is 2.18. The Labute approximate surface area is 249 Å². The maximum absolute atomic E-state index is 13.8. The number of hydrogen-bond donors (Lipinski definition) is 1. The SMILES string of the molecule is COc1cc2ncnc(Oc3ccc(NC(=O)c4cn(-c5ccc(F)c(Cl)c5)c5ccccc5c4=O)cc3)c2cc1OC. The van der Waals surface area contributed by atoms with Crippen molar-refractivity contribution in [1.29, 1.82) is 0 Å². The predicted octanol–water partition coefficient (Wildman–Crippen LogP) is 6.79. The van der Waals surface area contributed by atoms with E-state index in [-0.39, 0.29) is 10.6 Å². The van der Waals surface area contributed by atoms with E-state index in [1.165, 1.54) is 37.8 Å². The molecule has 2 heterocycles. The molecule has 9 nitrogen and oxygen atoms in total. The third-order valence-corrected chi connectivity index (χ3v) is 7.06. The molecule has 1 N–H and O–H groups in total. The highest BCUT2D eigenvalue weighted by Crippen LogP contribution is 2.36. The summed E-state index contributed by atoms with van der Waals surface area (Å²) in [6.07, 6.45) is 2.80. The molecule has 0 aliphatic carbocycles. The number of hydrogen-bond acceptors (Lipinski definition) is 7. The Bertz CT molecular complexity index is 2080. The molecule has 0 saturated carbocycles. The second-order valence-corrected chi connectivity index (χ2v) is 9.75. The van der Waals surface area contributed by atoms with Crippen LogP contribution in [0.5, 0.6) is 23.1 Å². The fourth-order valence-corrected chi connectivity index (χ4v) is 4.82. The molecule has 0 aliphatic rings. The first kappa shape index (κ1) is 27.7. The van der Waals surface area contributed by atoms with Gasteiger partial charge in [-0.25, -0.2) is 14.4 Å². The summed E-state index contributed by atoms with van der Waals surface area (Å²) in [7, 11) is 3.08. The lowest BCUT2D eigenvalue weighted by molar-refractivity contribution is 0.102. The number of pyridine rings is 1. The van der Waals surface area contributed by atoms with Gasteiger partial charge in [0.2, 0.25) is 11.3 Å². The number of aromatic nitrogens is 3. The number of para-hydroxylation sites is 1. The minimum Gasteiger partial charge on any atom is -0.493 e. The van der Waals surface area contributed by atoms with Gasteiger partial charge in [0.1, 0.15) is 23.5 Å². The van der Waals surface area contributed by atoms with Crippen LogP contribution in [-0.2, 0) is 0 Å². The van der Waals surface area contributed by atoms with Crippen LogP contribution in [0, 0.1) is 5.82 Å². The molecular weight excluding hydrogens is 575 g/mol. The number of fused-ring (bicyclic) bond motifs is 2. The minimum atomic E-state index is -0.616. The van der Waals surface area contributed by atoms with E-state index < -0.39 is 17.2 Å². The lowest BCUT2D eigenvalue weighted by Gasteiger charge is -2.14. The van der Waals surface area contributed by atoms with Gasteiger partial charge >= 0.3 is 0 Å². The van der Waals surface area contributed by atoms with E-state index in [4.69, 9.17) is 25.8 Å². The van der Waals surface area contributed by atoms with Crippen LogP contribution in [0.3, 0.4) is 0 Å². The Hall–Kier alpha value is -5.48. The first-order valence-electron chi connectivity index (χ1n) is 12.9. The zero-order valence-corrected chi connectivity index (χ0v) is 23.6. The second-order valence-electron chi connectivity index (χ2n) is 9.34. The Morgan fingerprint density at radius 2 is 1.65 bits per heavy atom. The molecule has 43 heavy (non-hydrogen) atoms. The van der Waals surface area contributed by atoms with Crippen LogP contribution < -0.4 is 25.0 Å². The van der Waals surface area contributed by atoms with E-state index in [1.807, 2.05) is 0 Å². The van der Waals surface area contributed by atoms with Gasteiger partial charge < -0.3 is 24.1 Å². The van der Waals surface area contributed by atoms with Crippen molar-refractivity contribution in [3.63, 3.8) is 0 Å². The molecule has 0 radical (unpaired) electrons. The van der Waals surface area contributed by atoms with Gasteiger partial charge in [0, 0.05) is 29.0 Å². The van der Waals surface area contributed by atoms with Crippen LogP contribution in [-0.4, -0.2) is 34.7 Å². The molecule has 0 atom stereocenters. The number of amides is 1. The summed E-state index contributed by atoms with van der Waals surface area (Å²) < 4.78 is 32.2. The molecule has 0 bridgehead atoms. The smallest absolute Gasteiger partial charge is 0.261 e. The van der Waals surface area contributed by atoms with Crippen LogP contribution in [0.2, 0.25) is 5.02 Å². The van der Waals surface area contributed by atoms with E-state index in [2.05, 4.69) is 15.3 Å². The number of ether oxygens (including phenoxy) is 3. The summed E-state index contributed by atoms with van der Waals surface area (Å²) in [5.41, 5.74) is 1.53. The van der Waals surface area contributed by atoms with Gasteiger partial charge in [0.05, 0.1) is 35.7 Å². The second kappa shape index (κ2) is 11.4. The lowest BCUT2D eigenvalue weighted by atomic mass is 10.1. The number of nitrogens with one attached hydrogen (secondary N) is 1. The number of halogens is 2. The van der Waals surface area contributed by atoms with Crippen molar-refractivity contribution in [1.82, 2.24) is 14.5 Å². The first-order valence-corrected chi connectivity index (χ1v) is 13.3. The van der Waals surface area contributed by atoms with Crippen molar-refractivity contribution in [2.24, 2.45) is 0 Å². The maximum Gasteiger partial charge on any atom is 0.261 e. The van der Waals surface area contributed by atoms with Crippen LogP contribution >= 0.6 is 11.6 Å². The molecule has 2 aromatic heterocycles. The van der Waals surface area contributed by atoms with Gasteiger partial charge in [-0.2, -0.15) is 0 Å². The van der Waals surface area contributed by atoms with Crippen molar-refractivity contribution in [3.8, 4) is 28.8 Å². The standard InChI is InChI=1S/C32H22ClFN4O5/c1-41-28-14-22-26(15-29(28)42-2)35-17-36-32(22)43-20-10-7-18(8-11-20)37-31(40)23-16-38(19-9-12-25(34)24(33)13-19)27-6-4-3-5-21(27)30(23)39/h3-17H,1-2H3,(H,37,40). The van der Waals surface area contributed by atoms with Crippen molar-refractivity contribution in [2.45, 2.75) is 0 Å². The van der Waals surface area contributed by atoms with Gasteiger partial charge in [-0.05, 0) is 60.7 Å². The molecule has 0 spiro atoms. The van der Waals surface area contributed by atoms with Crippen molar-refractivity contribution in [2.75, 3.05) is 19.5 Å². The fourth-order valence-electron chi connectivity index (χ4n) is 4.65. The maximum atomic E-state index is 13.8. The highest BCUT2D eigenvalue weighted by atomic mass is 35.5. The normalized spacial score (nSPS) is 11.0. The van der Waals surface area contributed by atoms with Gasteiger partial charge in [-0.15, -0.1) is 0 Å². The minimum absolute atomic E-state index is 0.0811. The molecule has 0 unspecified atom stereocenters. The largest absolute Gasteiger partial charge is 0.493 e. The van der Waals surface area contributed by atoms with E-state index in [0.717, 1.165) is 0 Å². The van der Waals surface area contributed by atoms with Crippen LogP contribution in [0.15, 0.2) is 96.2 Å². The summed E-state index contributed by atoms with van der Waals surface area (Å²) in [5, 5.41) is 3.62. The third kappa shape index (κ3) is 5.31. The zero-order chi connectivity index (χ0) is 30.1. The quantitative estimate of drug-likeness (QED) is 0.216. The molecule has 6 aromatic rings. The Balaban J connectivity index is 1.28. The van der Waals surface area contributed by atoms with Crippen molar-refractivity contribution < 1.29 is 23.4 Å². The predicted molar refractivity (Wildman–Crippen MR) is 162 cm³/mol. The number of nitrogens with zero attached hydrogens (tertiary/aromatic N) is 3. The van der Waals surface area contributed by atoms with Gasteiger partial charge in [-0.1, -0.05) is 23.7 Å².